The van der Waals surface area contributed by atoms with Crippen molar-refractivity contribution in [3.05, 3.63) is 33.3 Å². The van der Waals surface area contributed by atoms with E-state index in [4.69, 9.17) is 17.3 Å². The molecule has 0 aromatic heterocycles. The van der Waals surface area contributed by atoms with Gasteiger partial charge in [-0.05, 0) is 48.9 Å². The van der Waals surface area contributed by atoms with Gasteiger partial charge in [-0.25, -0.2) is 12.7 Å². The number of hydrogen-bond acceptors (Lipinski definition) is 3. The van der Waals surface area contributed by atoms with E-state index in [-0.39, 0.29) is 6.04 Å². The van der Waals surface area contributed by atoms with Crippen LogP contribution < -0.4 is 5.73 Å². The van der Waals surface area contributed by atoms with Crippen LogP contribution in [0, 0.1) is 5.92 Å². The number of nitrogens with two attached hydrogens (primary N) is 1. The van der Waals surface area contributed by atoms with E-state index in [2.05, 4.69) is 15.9 Å². The van der Waals surface area contributed by atoms with Gasteiger partial charge >= 0.3 is 0 Å². The molecule has 0 spiro atoms. The van der Waals surface area contributed by atoms with Gasteiger partial charge in [-0.2, -0.15) is 0 Å². The molecule has 0 amide bonds. The van der Waals surface area contributed by atoms with E-state index in [0.29, 0.717) is 24.0 Å². The van der Waals surface area contributed by atoms with Gasteiger partial charge in [0.1, 0.15) is 0 Å². The van der Waals surface area contributed by atoms with Crippen molar-refractivity contribution < 1.29 is 8.42 Å². The third-order valence-electron chi connectivity index (χ3n) is 3.85. The quantitative estimate of drug-likeness (QED) is 0.851. The fourth-order valence-electron chi connectivity index (χ4n) is 2.80. The molecule has 0 aliphatic carbocycles. The minimum atomic E-state index is -3.11. The van der Waals surface area contributed by atoms with Crippen molar-refractivity contribution in [2.45, 2.75) is 25.3 Å². The van der Waals surface area contributed by atoms with Gasteiger partial charge in [-0.15, -0.1) is 0 Å². The molecule has 2 unspecified atom stereocenters. The average molecular weight is 396 g/mol. The lowest BCUT2D eigenvalue weighted by molar-refractivity contribution is 0.247. The van der Waals surface area contributed by atoms with Crippen LogP contribution >= 0.6 is 27.5 Å². The highest BCUT2D eigenvalue weighted by molar-refractivity contribution is 9.10. The SMILES string of the molecule is CS(=O)(=O)N1CCCC(CC(N)c2cc(Cl)cc(Br)c2)C1. The van der Waals surface area contributed by atoms with Gasteiger partial charge in [0, 0.05) is 28.6 Å². The Hall–Kier alpha value is -0.140. The number of nitrogens with zero attached hydrogens (tertiary/aromatic N) is 1. The third-order valence-corrected chi connectivity index (χ3v) is 5.80. The maximum absolute atomic E-state index is 11.6. The van der Waals surface area contributed by atoms with E-state index in [9.17, 15) is 8.42 Å². The monoisotopic (exact) mass is 394 g/mol. The van der Waals surface area contributed by atoms with Crippen LogP contribution in [0.1, 0.15) is 30.9 Å². The van der Waals surface area contributed by atoms with Crippen LogP contribution in [-0.4, -0.2) is 32.1 Å². The summed E-state index contributed by atoms with van der Waals surface area (Å²) in [7, 11) is -3.11. The van der Waals surface area contributed by atoms with E-state index >= 15 is 0 Å². The summed E-state index contributed by atoms with van der Waals surface area (Å²) in [6.45, 7) is 1.18. The lowest BCUT2D eigenvalue weighted by Gasteiger charge is -2.32. The van der Waals surface area contributed by atoms with Crippen LogP contribution in [-0.2, 0) is 10.0 Å². The van der Waals surface area contributed by atoms with Crippen molar-refractivity contribution in [1.29, 1.82) is 0 Å². The highest BCUT2D eigenvalue weighted by Gasteiger charge is 2.27. The second-order valence-corrected chi connectivity index (χ2v) is 9.01. The summed E-state index contributed by atoms with van der Waals surface area (Å²) < 4.78 is 25.8. The van der Waals surface area contributed by atoms with Gasteiger partial charge in [-0.1, -0.05) is 27.5 Å². The fourth-order valence-corrected chi connectivity index (χ4v) is 4.63. The predicted octanol–water partition coefficient (Wildman–Crippen LogP) is 3.16. The minimum absolute atomic E-state index is 0.135. The van der Waals surface area contributed by atoms with Crippen molar-refractivity contribution in [2.24, 2.45) is 11.7 Å². The molecule has 1 saturated heterocycles. The summed E-state index contributed by atoms with van der Waals surface area (Å²) in [4.78, 5) is 0. The Labute approximate surface area is 139 Å². The average Bonchev–Trinajstić information content (AvgIpc) is 2.37. The van der Waals surface area contributed by atoms with E-state index in [1.54, 1.807) is 4.31 Å². The lowest BCUT2D eigenvalue weighted by Crippen LogP contribution is -2.40. The Bertz CT molecular complexity index is 589. The first kappa shape index (κ1) is 17.2. The molecule has 0 saturated carbocycles. The van der Waals surface area contributed by atoms with E-state index in [0.717, 1.165) is 29.3 Å². The molecule has 1 aromatic rings. The molecular weight excluding hydrogens is 376 g/mol. The number of rotatable bonds is 4. The van der Waals surface area contributed by atoms with Crippen LogP contribution in [0.2, 0.25) is 5.02 Å². The van der Waals surface area contributed by atoms with E-state index in [1.165, 1.54) is 6.26 Å². The molecule has 1 aromatic carbocycles. The molecular formula is C14H20BrClN2O2S. The molecule has 2 N–H and O–H groups in total. The van der Waals surface area contributed by atoms with Crippen molar-refractivity contribution >= 4 is 37.6 Å². The third kappa shape index (κ3) is 4.93. The number of sulfonamides is 1. The molecule has 4 nitrogen and oxygen atoms in total. The van der Waals surface area contributed by atoms with Gasteiger partial charge < -0.3 is 5.73 Å². The summed E-state index contributed by atoms with van der Waals surface area (Å²) in [5.74, 6) is 0.293. The topological polar surface area (TPSA) is 63.4 Å². The molecule has 2 atom stereocenters. The van der Waals surface area contributed by atoms with Crippen LogP contribution in [0.4, 0.5) is 0 Å². The number of benzene rings is 1. The van der Waals surface area contributed by atoms with Gasteiger partial charge in [-0.3, -0.25) is 0 Å². The predicted molar refractivity (Wildman–Crippen MR) is 89.8 cm³/mol. The standard InChI is InChI=1S/C14H20BrClN2O2S/c1-21(19,20)18-4-2-3-10(9-18)5-14(17)11-6-12(15)8-13(16)7-11/h6-8,10,14H,2-5,9,17H2,1H3. The number of piperidine rings is 1. The van der Waals surface area contributed by atoms with Crippen LogP contribution in [0.15, 0.2) is 22.7 Å². The van der Waals surface area contributed by atoms with Crippen LogP contribution in [0.3, 0.4) is 0 Å². The summed E-state index contributed by atoms with van der Waals surface area (Å²) >= 11 is 9.46. The van der Waals surface area contributed by atoms with E-state index < -0.39 is 10.0 Å². The van der Waals surface area contributed by atoms with Gasteiger partial charge in [0.15, 0.2) is 0 Å². The molecule has 0 radical (unpaired) electrons. The van der Waals surface area contributed by atoms with Gasteiger partial charge in [0.2, 0.25) is 10.0 Å². The summed E-state index contributed by atoms with van der Waals surface area (Å²) in [5, 5.41) is 0.649. The molecule has 2 rings (SSSR count). The Morgan fingerprint density at radius 3 is 2.81 bits per heavy atom. The zero-order chi connectivity index (χ0) is 15.6. The van der Waals surface area contributed by atoms with Gasteiger partial charge in [0.05, 0.1) is 6.26 Å². The normalized spacial score (nSPS) is 22.2. The van der Waals surface area contributed by atoms with Crippen molar-refractivity contribution in [3.63, 3.8) is 0 Å². The fraction of sp³-hybridized carbons (Fsp3) is 0.571. The Morgan fingerprint density at radius 2 is 2.19 bits per heavy atom. The summed E-state index contributed by atoms with van der Waals surface area (Å²) in [5.41, 5.74) is 7.25. The molecule has 1 heterocycles. The number of hydrogen-bond donors (Lipinski definition) is 1. The highest BCUT2D eigenvalue weighted by Crippen LogP contribution is 2.30. The Balaban J connectivity index is 2.03. The van der Waals surface area contributed by atoms with Crippen molar-refractivity contribution in [3.8, 4) is 0 Å². The second kappa shape index (κ2) is 6.96. The lowest BCUT2D eigenvalue weighted by atomic mass is 9.90. The summed E-state index contributed by atoms with van der Waals surface area (Å²) in [6, 6.07) is 5.52. The smallest absolute Gasteiger partial charge is 0.211 e. The first-order chi connectivity index (χ1) is 9.75. The van der Waals surface area contributed by atoms with Crippen molar-refractivity contribution in [1.82, 2.24) is 4.31 Å². The highest BCUT2D eigenvalue weighted by atomic mass is 79.9. The zero-order valence-corrected chi connectivity index (χ0v) is 15.1. The van der Waals surface area contributed by atoms with E-state index in [1.807, 2.05) is 18.2 Å². The summed E-state index contributed by atoms with van der Waals surface area (Å²) in [6.07, 6.45) is 3.94. The molecule has 0 bridgehead atoms. The first-order valence-electron chi connectivity index (χ1n) is 6.92. The molecule has 1 aliphatic rings. The molecule has 1 aliphatic heterocycles. The molecule has 7 heteroatoms. The molecule has 118 valence electrons. The van der Waals surface area contributed by atoms with Crippen LogP contribution in [0.25, 0.3) is 0 Å². The Kier molecular flexibility index (Phi) is 5.71. The maximum atomic E-state index is 11.6. The Morgan fingerprint density at radius 1 is 1.48 bits per heavy atom. The largest absolute Gasteiger partial charge is 0.324 e. The number of halogens is 2. The van der Waals surface area contributed by atoms with Crippen LogP contribution in [0.5, 0.6) is 0 Å². The van der Waals surface area contributed by atoms with Crippen molar-refractivity contribution in [2.75, 3.05) is 19.3 Å². The second-order valence-electron chi connectivity index (χ2n) is 5.67. The first-order valence-corrected chi connectivity index (χ1v) is 9.94. The molecule has 21 heavy (non-hydrogen) atoms. The molecule has 1 fully saturated rings. The zero-order valence-electron chi connectivity index (χ0n) is 11.9. The maximum Gasteiger partial charge on any atom is 0.211 e. The minimum Gasteiger partial charge on any atom is -0.324 e. The van der Waals surface area contributed by atoms with Gasteiger partial charge in [0.25, 0.3) is 0 Å².